The second-order valence-corrected chi connectivity index (χ2v) is 3.79. The van der Waals surface area contributed by atoms with Crippen molar-refractivity contribution in [1.82, 2.24) is 5.59 Å². The van der Waals surface area contributed by atoms with Crippen LogP contribution in [0.15, 0.2) is 5.10 Å². The van der Waals surface area contributed by atoms with E-state index >= 15 is 0 Å². The Labute approximate surface area is 72.9 Å². The van der Waals surface area contributed by atoms with Gasteiger partial charge in [-0.1, -0.05) is 0 Å². The van der Waals surface area contributed by atoms with Crippen LogP contribution in [0, 0.1) is 5.41 Å². The molecule has 0 aromatic rings. The van der Waals surface area contributed by atoms with Gasteiger partial charge >= 0.3 is 5.97 Å². The Morgan fingerprint density at radius 3 is 2.17 bits per heavy atom. The summed E-state index contributed by atoms with van der Waals surface area (Å²) in [6.07, 6.45) is 0. The molecule has 1 N–H and O–H groups in total. The molecule has 4 heteroatoms. The molecule has 0 radical (unpaired) electrons. The maximum atomic E-state index is 11.1. The molecule has 4 nitrogen and oxygen atoms in total. The standard InChI is InChI=1S/C8H16N2O2/c1-6(2)9-10-12-7(11)8(3,4)5/h10H,1-5H3. The van der Waals surface area contributed by atoms with E-state index < -0.39 is 5.41 Å². The second-order valence-electron chi connectivity index (χ2n) is 3.79. The summed E-state index contributed by atoms with van der Waals surface area (Å²) in [6.45, 7) is 8.94. The molecule has 70 valence electrons. The van der Waals surface area contributed by atoms with Gasteiger partial charge in [-0.05, 0) is 34.6 Å². The average Bonchev–Trinajstić information content (AvgIpc) is 1.84. The third kappa shape index (κ3) is 4.71. The lowest BCUT2D eigenvalue weighted by Crippen LogP contribution is -2.27. The van der Waals surface area contributed by atoms with Crippen molar-refractivity contribution in [2.45, 2.75) is 34.6 Å². The van der Waals surface area contributed by atoms with Gasteiger partial charge in [-0.2, -0.15) is 5.10 Å². The number of rotatable bonds is 2. The molecule has 0 atom stereocenters. The zero-order valence-electron chi connectivity index (χ0n) is 8.26. The molecular weight excluding hydrogens is 156 g/mol. The first-order chi connectivity index (χ1) is 5.34. The van der Waals surface area contributed by atoms with Crippen molar-refractivity contribution in [2.75, 3.05) is 0 Å². The molecule has 0 spiro atoms. The Morgan fingerprint density at radius 1 is 1.33 bits per heavy atom. The first kappa shape index (κ1) is 10.9. The summed E-state index contributed by atoms with van der Waals surface area (Å²) in [4.78, 5) is 15.7. The normalized spacial score (nSPS) is 10.4. The molecule has 0 aliphatic heterocycles. The Bertz CT molecular complexity index is 188. The predicted octanol–water partition coefficient (Wildman–Crippen LogP) is 1.48. The highest BCUT2D eigenvalue weighted by atomic mass is 16.7. The molecule has 0 saturated heterocycles. The SMILES string of the molecule is CC(C)=NNOC(=O)C(C)(C)C. The van der Waals surface area contributed by atoms with E-state index in [1.807, 2.05) is 0 Å². The van der Waals surface area contributed by atoms with Gasteiger partial charge in [-0.25, -0.2) is 4.79 Å². The molecule has 0 bridgehead atoms. The van der Waals surface area contributed by atoms with Crippen LogP contribution < -0.4 is 5.59 Å². The predicted molar refractivity (Wildman–Crippen MR) is 47.5 cm³/mol. The van der Waals surface area contributed by atoms with E-state index in [1.54, 1.807) is 34.6 Å². The smallest absolute Gasteiger partial charge is 0.326 e. The van der Waals surface area contributed by atoms with E-state index in [2.05, 4.69) is 15.5 Å². The van der Waals surface area contributed by atoms with Gasteiger partial charge < -0.3 is 4.84 Å². The molecule has 12 heavy (non-hydrogen) atoms. The lowest BCUT2D eigenvalue weighted by Gasteiger charge is -2.14. The highest BCUT2D eigenvalue weighted by Gasteiger charge is 2.23. The van der Waals surface area contributed by atoms with Gasteiger partial charge in [0.15, 0.2) is 0 Å². The topological polar surface area (TPSA) is 50.7 Å². The number of hydrazone groups is 1. The third-order valence-electron chi connectivity index (χ3n) is 1.02. The lowest BCUT2D eigenvalue weighted by molar-refractivity contribution is -0.160. The Morgan fingerprint density at radius 2 is 1.83 bits per heavy atom. The molecule has 0 rings (SSSR count). The van der Waals surface area contributed by atoms with Crippen molar-refractivity contribution in [3.8, 4) is 0 Å². The van der Waals surface area contributed by atoms with Crippen LogP contribution in [0.3, 0.4) is 0 Å². The molecule has 0 aliphatic rings. The van der Waals surface area contributed by atoms with Crippen LogP contribution in [-0.4, -0.2) is 11.7 Å². The maximum absolute atomic E-state index is 11.1. The summed E-state index contributed by atoms with van der Waals surface area (Å²) in [6, 6.07) is 0. The van der Waals surface area contributed by atoms with Crippen molar-refractivity contribution < 1.29 is 9.63 Å². The van der Waals surface area contributed by atoms with Crippen LogP contribution >= 0.6 is 0 Å². The zero-order valence-corrected chi connectivity index (χ0v) is 8.26. The van der Waals surface area contributed by atoms with Crippen molar-refractivity contribution in [2.24, 2.45) is 10.5 Å². The van der Waals surface area contributed by atoms with E-state index in [1.165, 1.54) is 0 Å². The molecule has 0 heterocycles. The third-order valence-corrected chi connectivity index (χ3v) is 1.02. The number of nitrogens with one attached hydrogen (secondary N) is 1. The lowest BCUT2D eigenvalue weighted by atomic mass is 9.98. The van der Waals surface area contributed by atoms with E-state index in [-0.39, 0.29) is 5.97 Å². The van der Waals surface area contributed by atoms with Gasteiger partial charge in [0.1, 0.15) is 0 Å². The summed E-state index contributed by atoms with van der Waals surface area (Å²) in [7, 11) is 0. The summed E-state index contributed by atoms with van der Waals surface area (Å²) >= 11 is 0. The van der Waals surface area contributed by atoms with Crippen LogP contribution in [0.1, 0.15) is 34.6 Å². The summed E-state index contributed by atoms with van der Waals surface area (Å²) in [5.74, 6) is -0.326. The van der Waals surface area contributed by atoms with Gasteiger partial charge in [0, 0.05) is 5.71 Å². The number of hydrogen-bond acceptors (Lipinski definition) is 4. The van der Waals surface area contributed by atoms with Crippen molar-refractivity contribution in [3.05, 3.63) is 0 Å². The van der Waals surface area contributed by atoms with E-state index in [0.717, 1.165) is 5.71 Å². The van der Waals surface area contributed by atoms with E-state index in [9.17, 15) is 4.79 Å². The molecule has 0 unspecified atom stereocenters. The monoisotopic (exact) mass is 172 g/mol. The van der Waals surface area contributed by atoms with Gasteiger partial charge in [0.25, 0.3) is 0 Å². The maximum Gasteiger partial charge on any atom is 0.339 e. The second kappa shape index (κ2) is 4.09. The first-order valence-corrected chi connectivity index (χ1v) is 3.81. The van der Waals surface area contributed by atoms with Crippen molar-refractivity contribution in [1.29, 1.82) is 0 Å². The van der Waals surface area contributed by atoms with Crippen molar-refractivity contribution >= 4 is 11.7 Å². The highest BCUT2D eigenvalue weighted by Crippen LogP contribution is 2.13. The van der Waals surface area contributed by atoms with Gasteiger partial charge in [-0.3, -0.25) is 0 Å². The minimum atomic E-state index is -0.496. The molecule has 0 aromatic heterocycles. The van der Waals surface area contributed by atoms with Crippen molar-refractivity contribution in [3.63, 3.8) is 0 Å². The van der Waals surface area contributed by atoms with Crippen LogP contribution in [-0.2, 0) is 9.63 Å². The van der Waals surface area contributed by atoms with Crippen LogP contribution in [0.2, 0.25) is 0 Å². The summed E-state index contributed by atoms with van der Waals surface area (Å²) in [5.41, 5.74) is 2.54. The number of carbonyl (C=O) groups excluding carboxylic acids is 1. The Balaban J connectivity index is 3.82. The fourth-order valence-electron chi connectivity index (χ4n) is 0.309. The molecule has 0 saturated carbocycles. The van der Waals surface area contributed by atoms with Gasteiger partial charge in [0.05, 0.1) is 5.41 Å². The van der Waals surface area contributed by atoms with Crippen LogP contribution in [0.4, 0.5) is 0 Å². The minimum Gasteiger partial charge on any atom is -0.326 e. The van der Waals surface area contributed by atoms with Gasteiger partial charge in [0.2, 0.25) is 0 Å². The fourth-order valence-corrected chi connectivity index (χ4v) is 0.309. The average molecular weight is 172 g/mol. The van der Waals surface area contributed by atoms with Crippen LogP contribution in [0.5, 0.6) is 0 Å². The molecule has 0 aromatic carbocycles. The van der Waals surface area contributed by atoms with E-state index in [4.69, 9.17) is 0 Å². The largest absolute Gasteiger partial charge is 0.339 e. The van der Waals surface area contributed by atoms with E-state index in [0.29, 0.717) is 0 Å². The Kier molecular flexibility index (Phi) is 3.73. The summed E-state index contributed by atoms with van der Waals surface area (Å²) < 4.78 is 0. The molecule has 0 aliphatic carbocycles. The molecule has 0 fully saturated rings. The first-order valence-electron chi connectivity index (χ1n) is 3.81. The van der Waals surface area contributed by atoms with Crippen LogP contribution in [0.25, 0.3) is 0 Å². The van der Waals surface area contributed by atoms with Gasteiger partial charge in [-0.15, -0.1) is 5.59 Å². The fraction of sp³-hybridized carbons (Fsp3) is 0.750. The number of nitrogens with zero attached hydrogens (tertiary/aromatic N) is 1. The molecular formula is C8H16N2O2. The quantitative estimate of drug-likeness (QED) is 0.507. The number of hydrogen-bond donors (Lipinski definition) is 1. The molecule has 0 amide bonds. The highest BCUT2D eigenvalue weighted by molar-refractivity contribution is 5.79. The minimum absolute atomic E-state index is 0.326. The zero-order chi connectivity index (χ0) is 9.78. The number of carbonyl (C=O) groups is 1. The Hall–Kier alpha value is -1.06. The summed E-state index contributed by atoms with van der Waals surface area (Å²) in [5, 5.41) is 3.70.